The predicted octanol–water partition coefficient (Wildman–Crippen LogP) is 4.92. The second-order valence-electron chi connectivity index (χ2n) is 11.6. The molecule has 0 saturated carbocycles. The monoisotopic (exact) mass is 523 g/mol. The van der Waals surface area contributed by atoms with Crippen molar-refractivity contribution in [3.63, 3.8) is 0 Å². The van der Waals surface area contributed by atoms with E-state index in [1.54, 1.807) is 6.08 Å². The van der Waals surface area contributed by atoms with Gasteiger partial charge in [-0.1, -0.05) is 87.5 Å². The summed E-state index contributed by atoms with van der Waals surface area (Å²) in [6, 6.07) is 19.5. The molecule has 2 aromatic rings. The maximum Gasteiger partial charge on any atom is 0.411 e. The third-order valence-electron chi connectivity index (χ3n) is 6.90. The van der Waals surface area contributed by atoms with E-state index in [2.05, 4.69) is 51.6 Å². The molecular weight excluding hydrogens is 482 g/mol. The van der Waals surface area contributed by atoms with Gasteiger partial charge in [0.25, 0.3) is 8.32 Å². The number of carbonyl (C=O) groups is 2. The second-order valence-corrected chi connectivity index (χ2v) is 15.9. The van der Waals surface area contributed by atoms with Crippen molar-refractivity contribution in [1.29, 1.82) is 0 Å². The second kappa shape index (κ2) is 11.2. The number of hydrogen-bond acceptors (Lipinski definition) is 5. The van der Waals surface area contributed by atoms with Gasteiger partial charge in [-0.25, -0.2) is 9.59 Å². The Bertz CT molecular complexity index is 1040. The lowest BCUT2D eigenvalue weighted by Gasteiger charge is -2.44. The van der Waals surface area contributed by atoms with Crippen molar-refractivity contribution in [1.82, 2.24) is 4.90 Å². The molecule has 1 saturated heterocycles. The Balaban J connectivity index is 2.07. The molecule has 200 valence electrons. The van der Waals surface area contributed by atoms with Crippen molar-refractivity contribution >= 4 is 30.8 Å². The Morgan fingerprint density at radius 2 is 1.49 bits per heavy atom. The normalized spacial score (nSPS) is 20.4. The molecule has 0 N–H and O–H groups in total. The van der Waals surface area contributed by atoms with Crippen LogP contribution in [0.3, 0.4) is 0 Å². The van der Waals surface area contributed by atoms with Gasteiger partial charge >= 0.3 is 12.1 Å². The van der Waals surface area contributed by atoms with Crippen molar-refractivity contribution < 1.29 is 23.5 Å². The Hall–Kier alpha value is -2.90. The van der Waals surface area contributed by atoms with Gasteiger partial charge in [0, 0.05) is 5.92 Å². The van der Waals surface area contributed by atoms with Crippen molar-refractivity contribution in [2.24, 2.45) is 5.92 Å². The van der Waals surface area contributed by atoms with E-state index in [0.29, 0.717) is 6.42 Å². The summed E-state index contributed by atoms with van der Waals surface area (Å²) >= 11 is 0. The zero-order chi connectivity index (χ0) is 27.4. The minimum Gasteiger partial charge on any atom is -0.467 e. The van der Waals surface area contributed by atoms with E-state index in [-0.39, 0.29) is 23.6 Å². The minimum absolute atomic E-state index is 0.218. The highest BCUT2D eigenvalue weighted by Gasteiger charge is 2.53. The van der Waals surface area contributed by atoms with Gasteiger partial charge in [-0.2, -0.15) is 0 Å². The summed E-state index contributed by atoms with van der Waals surface area (Å²) in [5, 5.41) is 2.09. The molecule has 1 amide bonds. The number of likely N-dealkylation sites (tertiary alicyclic amines) is 1. The molecule has 7 heteroatoms. The van der Waals surface area contributed by atoms with Crippen LogP contribution in [0.4, 0.5) is 4.79 Å². The standard InChI is InChI=1S/C30H41NO5Si/c1-9-22-20-23(31(26(22)27(32)34-8)28(33)36-29(2,3)4)21-35-37(30(5,6)7,24-16-12-10-13-17-24)25-18-14-11-15-19-25/h9-19,22-23,26H,1,20-21H2,2-8H3/t22-,23+,26-/m1/s1. The quantitative estimate of drug-likeness (QED) is 0.293. The molecule has 37 heavy (non-hydrogen) atoms. The highest BCUT2D eigenvalue weighted by atomic mass is 28.4. The van der Waals surface area contributed by atoms with Crippen LogP contribution < -0.4 is 10.4 Å². The number of rotatable bonds is 7. The first kappa shape index (κ1) is 28.7. The average molecular weight is 524 g/mol. The third kappa shape index (κ3) is 5.99. The largest absolute Gasteiger partial charge is 0.467 e. The maximum atomic E-state index is 13.4. The van der Waals surface area contributed by atoms with Gasteiger partial charge in [-0.3, -0.25) is 4.90 Å². The van der Waals surface area contributed by atoms with Crippen LogP contribution in [0.1, 0.15) is 48.0 Å². The summed E-state index contributed by atoms with van der Waals surface area (Å²) in [6.07, 6.45) is 1.70. The predicted molar refractivity (Wildman–Crippen MR) is 150 cm³/mol. The molecule has 0 aromatic heterocycles. The van der Waals surface area contributed by atoms with Crippen LogP contribution >= 0.6 is 0 Å². The number of hydrogen-bond donors (Lipinski definition) is 0. The van der Waals surface area contributed by atoms with Crippen molar-refractivity contribution in [2.45, 2.75) is 70.7 Å². The SMILES string of the molecule is C=C[C@@H]1C[C@@H](CO[Si](c2ccccc2)(c2ccccc2)C(C)(C)C)N(C(=O)OC(C)(C)C)[C@H]1C(=O)OC. The van der Waals surface area contributed by atoms with E-state index in [1.807, 2.05) is 57.2 Å². The first-order chi connectivity index (χ1) is 17.4. The number of esters is 1. The Kier molecular flexibility index (Phi) is 8.70. The summed E-state index contributed by atoms with van der Waals surface area (Å²) in [6.45, 7) is 16.3. The number of amides is 1. The maximum absolute atomic E-state index is 13.4. The van der Waals surface area contributed by atoms with E-state index in [1.165, 1.54) is 12.0 Å². The number of nitrogens with zero attached hydrogens (tertiary/aromatic N) is 1. The zero-order valence-electron chi connectivity index (χ0n) is 23.2. The van der Waals surface area contributed by atoms with Crippen LogP contribution in [-0.4, -0.2) is 56.7 Å². The topological polar surface area (TPSA) is 65.1 Å². The van der Waals surface area contributed by atoms with E-state index in [0.717, 1.165) is 10.4 Å². The lowest BCUT2D eigenvalue weighted by Crippen LogP contribution is -2.67. The van der Waals surface area contributed by atoms with Gasteiger partial charge in [0.05, 0.1) is 19.8 Å². The van der Waals surface area contributed by atoms with E-state index >= 15 is 0 Å². The van der Waals surface area contributed by atoms with Crippen molar-refractivity contribution in [2.75, 3.05) is 13.7 Å². The minimum atomic E-state index is -2.84. The van der Waals surface area contributed by atoms with Crippen LogP contribution in [-0.2, 0) is 18.7 Å². The Morgan fingerprint density at radius 3 is 1.89 bits per heavy atom. The molecule has 0 spiro atoms. The van der Waals surface area contributed by atoms with Gasteiger partial charge < -0.3 is 13.9 Å². The molecule has 1 aliphatic rings. The van der Waals surface area contributed by atoms with Gasteiger partial charge in [-0.15, -0.1) is 6.58 Å². The highest BCUT2D eigenvalue weighted by Crippen LogP contribution is 2.39. The fourth-order valence-electron chi connectivity index (χ4n) is 5.33. The fourth-order valence-corrected chi connectivity index (χ4v) is 9.93. The van der Waals surface area contributed by atoms with E-state index in [4.69, 9.17) is 13.9 Å². The summed E-state index contributed by atoms with van der Waals surface area (Å²) < 4.78 is 18.0. The summed E-state index contributed by atoms with van der Waals surface area (Å²) in [5.74, 6) is -0.753. The Morgan fingerprint density at radius 1 is 0.973 bits per heavy atom. The van der Waals surface area contributed by atoms with Crippen LogP contribution in [0.2, 0.25) is 5.04 Å². The molecular formula is C30H41NO5Si. The molecule has 1 heterocycles. The van der Waals surface area contributed by atoms with Gasteiger partial charge in [0.2, 0.25) is 0 Å². The molecule has 0 aliphatic carbocycles. The molecule has 3 atom stereocenters. The molecule has 1 fully saturated rings. The summed E-state index contributed by atoms with van der Waals surface area (Å²) in [5.41, 5.74) is -0.715. The molecule has 2 aromatic carbocycles. The van der Waals surface area contributed by atoms with Crippen LogP contribution in [0.15, 0.2) is 73.3 Å². The Labute approximate surface area is 222 Å². The fraction of sp³-hybridized carbons (Fsp3) is 0.467. The number of methoxy groups -OCH3 is 1. The molecule has 6 nitrogen and oxygen atoms in total. The number of ether oxygens (including phenoxy) is 2. The average Bonchev–Trinajstić information content (AvgIpc) is 3.22. The highest BCUT2D eigenvalue weighted by molar-refractivity contribution is 6.99. The number of carbonyl (C=O) groups excluding carboxylic acids is 2. The summed E-state index contributed by atoms with van der Waals surface area (Å²) in [7, 11) is -1.50. The molecule has 0 radical (unpaired) electrons. The summed E-state index contributed by atoms with van der Waals surface area (Å²) in [4.78, 5) is 27.8. The van der Waals surface area contributed by atoms with Crippen molar-refractivity contribution in [3.8, 4) is 0 Å². The van der Waals surface area contributed by atoms with E-state index in [9.17, 15) is 9.59 Å². The van der Waals surface area contributed by atoms with E-state index < -0.39 is 32.0 Å². The molecule has 0 bridgehead atoms. The van der Waals surface area contributed by atoms with Gasteiger partial charge in [0.1, 0.15) is 11.6 Å². The lowest BCUT2D eigenvalue weighted by atomic mass is 9.99. The van der Waals surface area contributed by atoms with Crippen LogP contribution in [0.5, 0.6) is 0 Å². The van der Waals surface area contributed by atoms with Gasteiger partial charge in [-0.05, 0) is 42.6 Å². The number of benzene rings is 2. The van der Waals surface area contributed by atoms with Crippen LogP contribution in [0.25, 0.3) is 0 Å². The van der Waals surface area contributed by atoms with Gasteiger partial charge in [0.15, 0.2) is 0 Å². The van der Waals surface area contributed by atoms with Crippen LogP contribution in [0, 0.1) is 5.92 Å². The molecule has 3 rings (SSSR count). The molecule has 0 unspecified atom stereocenters. The third-order valence-corrected chi connectivity index (χ3v) is 11.9. The first-order valence-electron chi connectivity index (χ1n) is 12.8. The molecule has 1 aliphatic heterocycles. The zero-order valence-corrected chi connectivity index (χ0v) is 24.2. The lowest BCUT2D eigenvalue weighted by molar-refractivity contribution is -0.147. The van der Waals surface area contributed by atoms with Crippen molar-refractivity contribution in [3.05, 3.63) is 73.3 Å². The smallest absolute Gasteiger partial charge is 0.411 e. The first-order valence-corrected chi connectivity index (χ1v) is 14.7.